The number of hydrogen-bond acceptors (Lipinski definition) is 6. The quantitative estimate of drug-likeness (QED) is 0.481. The van der Waals surface area contributed by atoms with Crippen molar-refractivity contribution in [1.82, 2.24) is 4.98 Å². The van der Waals surface area contributed by atoms with Crippen LogP contribution in [-0.4, -0.2) is 23.0 Å². The molecule has 0 aliphatic carbocycles. The van der Waals surface area contributed by atoms with Crippen molar-refractivity contribution in [2.24, 2.45) is 5.84 Å². The van der Waals surface area contributed by atoms with Gasteiger partial charge in [-0.05, 0) is 12.8 Å². The highest BCUT2D eigenvalue weighted by atomic mass is 16.6. The van der Waals surface area contributed by atoms with E-state index in [1.165, 1.54) is 25.0 Å². The van der Waals surface area contributed by atoms with E-state index in [0.717, 1.165) is 25.9 Å². The molecule has 7 heteroatoms. The van der Waals surface area contributed by atoms with Crippen molar-refractivity contribution in [3.8, 4) is 0 Å². The van der Waals surface area contributed by atoms with Gasteiger partial charge in [-0.1, -0.05) is 12.8 Å². The van der Waals surface area contributed by atoms with Crippen LogP contribution in [0.4, 0.5) is 17.3 Å². The fourth-order valence-electron chi connectivity index (χ4n) is 2.14. The first-order valence-corrected chi connectivity index (χ1v) is 6.09. The third-order valence-corrected chi connectivity index (χ3v) is 3.09. The Balaban J connectivity index is 2.29. The van der Waals surface area contributed by atoms with E-state index in [9.17, 15) is 10.1 Å². The summed E-state index contributed by atoms with van der Waals surface area (Å²) in [6, 6.07) is 2.84. The Kier molecular flexibility index (Phi) is 3.93. The molecule has 1 fully saturated rings. The van der Waals surface area contributed by atoms with E-state index < -0.39 is 4.92 Å². The van der Waals surface area contributed by atoms with Gasteiger partial charge in [0.2, 0.25) is 0 Å². The summed E-state index contributed by atoms with van der Waals surface area (Å²) in [5, 5.41) is 10.9. The van der Waals surface area contributed by atoms with Crippen molar-refractivity contribution in [1.29, 1.82) is 0 Å². The molecule has 0 aromatic carbocycles. The number of hydrazine groups is 1. The van der Waals surface area contributed by atoms with Crippen LogP contribution in [-0.2, 0) is 0 Å². The molecule has 1 aromatic heterocycles. The van der Waals surface area contributed by atoms with Crippen LogP contribution in [0.5, 0.6) is 0 Å². The standard InChI is InChI=1S/C11H17N5O2/c12-14-10-7-9(16(17)18)8-11(13-10)15-5-3-1-2-4-6-15/h7-8H,1-6,12H2,(H,13,14). The Labute approximate surface area is 105 Å². The summed E-state index contributed by atoms with van der Waals surface area (Å²) in [4.78, 5) is 16.8. The van der Waals surface area contributed by atoms with Crippen LogP contribution in [0, 0.1) is 10.1 Å². The second-order valence-electron chi connectivity index (χ2n) is 4.37. The largest absolute Gasteiger partial charge is 0.356 e. The lowest BCUT2D eigenvalue weighted by Gasteiger charge is -2.21. The zero-order valence-corrected chi connectivity index (χ0v) is 10.1. The van der Waals surface area contributed by atoms with Crippen LogP contribution in [0.25, 0.3) is 0 Å². The Bertz CT molecular complexity index is 429. The zero-order chi connectivity index (χ0) is 13.0. The Morgan fingerprint density at radius 2 is 1.94 bits per heavy atom. The molecule has 0 bridgehead atoms. The molecule has 0 radical (unpaired) electrons. The summed E-state index contributed by atoms with van der Waals surface area (Å²) in [5.74, 6) is 6.24. The molecule has 7 nitrogen and oxygen atoms in total. The van der Waals surface area contributed by atoms with Gasteiger partial charge in [0.1, 0.15) is 11.6 Å². The molecular formula is C11H17N5O2. The van der Waals surface area contributed by atoms with E-state index >= 15 is 0 Å². The van der Waals surface area contributed by atoms with Gasteiger partial charge in [-0.3, -0.25) is 10.1 Å². The van der Waals surface area contributed by atoms with Crippen molar-refractivity contribution in [2.45, 2.75) is 25.7 Å². The second-order valence-corrected chi connectivity index (χ2v) is 4.37. The van der Waals surface area contributed by atoms with E-state index in [-0.39, 0.29) is 5.69 Å². The summed E-state index contributed by atoms with van der Waals surface area (Å²) in [5.41, 5.74) is 2.39. The molecule has 2 rings (SSSR count). The maximum atomic E-state index is 10.9. The number of nitrogens with two attached hydrogens (primary N) is 1. The number of nitro groups is 1. The topological polar surface area (TPSA) is 97.3 Å². The molecule has 1 saturated heterocycles. The number of nitrogens with zero attached hydrogens (tertiary/aromatic N) is 3. The number of pyridine rings is 1. The molecule has 2 heterocycles. The Hall–Kier alpha value is -1.89. The highest BCUT2D eigenvalue weighted by Crippen LogP contribution is 2.24. The Morgan fingerprint density at radius 3 is 2.50 bits per heavy atom. The van der Waals surface area contributed by atoms with E-state index in [4.69, 9.17) is 5.84 Å². The first-order chi connectivity index (χ1) is 8.70. The van der Waals surface area contributed by atoms with Gasteiger partial charge in [-0.2, -0.15) is 0 Å². The molecule has 1 aliphatic rings. The van der Waals surface area contributed by atoms with Crippen molar-refractivity contribution >= 4 is 17.3 Å². The number of hydrogen-bond donors (Lipinski definition) is 2. The minimum atomic E-state index is -0.427. The maximum Gasteiger partial charge on any atom is 0.276 e. The first-order valence-electron chi connectivity index (χ1n) is 6.09. The minimum absolute atomic E-state index is 0.0113. The maximum absolute atomic E-state index is 10.9. The van der Waals surface area contributed by atoms with Crippen molar-refractivity contribution in [3.05, 3.63) is 22.2 Å². The van der Waals surface area contributed by atoms with Gasteiger partial charge >= 0.3 is 0 Å². The predicted molar refractivity (Wildman–Crippen MR) is 69.4 cm³/mol. The summed E-state index contributed by atoms with van der Waals surface area (Å²) < 4.78 is 0. The zero-order valence-electron chi connectivity index (χ0n) is 10.1. The molecule has 1 aliphatic heterocycles. The molecule has 98 valence electrons. The van der Waals surface area contributed by atoms with Gasteiger partial charge in [0.15, 0.2) is 0 Å². The smallest absolute Gasteiger partial charge is 0.276 e. The molecule has 0 atom stereocenters. The lowest BCUT2D eigenvalue weighted by atomic mass is 10.2. The molecule has 3 N–H and O–H groups in total. The van der Waals surface area contributed by atoms with Crippen LogP contribution in [0.2, 0.25) is 0 Å². The van der Waals surface area contributed by atoms with Crippen LogP contribution in [0.1, 0.15) is 25.7 Å². The lowest BCUT2D eigenvalue weighted by molar-refractivity contribution is -0.384. The third-order valence-electron chi connectivity index (χ3n) is 3.09. The van der Waals surface area contributed by atoms with Crippen LogP contribution in [0.3, 0.4) is 0 Å². The average molecular weight is 251 g/mol. The number of rotatable bonds is 3. The van der Waals surface area contributed by atoms with Crippen molar-refractivity contribution < 1.29 is 4.92 Å². The van der Waals surface area contributed by atoms with Crippen molar-refractivity contribution in [3.63, 3.8) is 0 Å². The van der Waals surface area contributed by atoms with Crippen molar-refractivity contribution in [2.75, 3.05) is 23.4 Å². The lowest BCUT2D eigenvalue weighted by Crippen LogP contribution is -2.25. The molecule has 0 spiro atoms. The highest BCUT2D eigenvalue weighted by Gasteiger charge is 2.16. The highest BCUT2D eigenvalue weighted by molar-refractivity contribution is 5.55. The van der Waals surface area contributed by atoms with Gasteiger partial charge in [0.25, 0.3) is 5.69 Å². The molecule has 0 unspecified atom stereocenters. The summed E-state index contributed by atoms with van der Waals surface area (Å²) >= 11 is 0. The average Bonchev–Trinajstić information content (AvgIpc) is 2.67. The van der Waals surface area contributed by atoms with E-state index in [0.29, 0.717) is 11.6 Å². The number of nitrogens with one attached hydrogen (secondary N) is 1. The first kappa shape index (κ1) is 12.6. The van der Waals surface area contributed by atoms with Gasteiger partial charge < -0.3 is 10.3 Å². The van der Waals surface area contributed by atoms with Gasteiger partial charge in [-0.25, -0.2) is 10.8 Å². The summed E-state index contributed by atoms with van der Waals surface area (Å²) in [7, 11) is 0. The summed E-state index contributed by atoms with van der Waals surface area (Å²) in [6.45, 7) is 1.77. The molecule has 1 aromatic rings. The number of anilines is 2. The SMILES string of the molecule is NNc1cc([N+](=O)[O-])cc(N2CCCCCC2)n1. The number of aromatic nitrogens is 1. The third kappa shape index (κ3) is 2.86. The molecule has 0 amide bonds. The van der Waals surface area contributed by atoms with Gasteiger partial charge in [0.05, 0.1) is 17.1 Å². The number of nitrogen functional groups attached to an aromatic ring is 1. The van der Waals surface area contributed by atoms with E-state index in [1.54, 1.807) is 0 Å². The predicted octanol–water partition coefficient (Wildman–Crippen LogP) is 1.66. The fraction of sp³-hybridized carbons (Fsp3) is 0.545. The Morgan fingerprint density at radius 1 is 1.28 bits per heavy atom. The van der Waals surface area contributed by atoms with Gasteiger partial charge in [-0.15, -0.1) is 0 Å². The van der Waals surface area contributed by atoms with E-state index in [1.807, 2.05) is 0 Å². The summed E-state index contributed by atoms with van der Waals surface area (Å²) in [6.07, 6.45) is 4.59. The van der Waals surface area contributed by atoms with Crippen LogP contribution < -0.4 is 16.2 Å². The van der Waals surface area contributed by atoms with Crippen LogP contribution in [0.15, 0.2) is 12.1 Å². The fourth-order valence-corrected chi connectivity index (χ4v) is 2.14. The normalized spacial score (nSPS) is 16.2. The second kappa shape index (κ2) is 5.63. The molecule has 18 heavy (non-hydrogen) atoms. The molecular weight excluding hydrogens is 234 g/mol. The molecule has 0 saturated carbocycles. The van der Waals surface area contributed by atoms with E-state index in [2.05, 4.69) is 15.3 Å². The monoisotopic (exact) mass is 251 g/mol. The van der Waals surface area contributed by atoms with Crippen LogP contribution >= 0.6 is 0 Å². The van der Waals surface area contributed by atoms with Gasteiger partial charge in [0, 0.05) is 13.1 Å². The minimum Gasteiger partial charge on any atom is -0.356 e.